The quantitative estimate of drug-likeness (QED) is 0.624. The van der Waals surface area contributed by atoms with Crippen molar-refractivity contribution in [3.8, 4) is 0 Å². The van der Waals surface area contributed by atoms with Crippen molar-refractivity contribution in [3.05, 3.63) is 29.5 Å². The van der Waals surface area contributed by atoms with Gasteiger partial charge in [0.15, 0.2) is 11.5 Å². The second-order valence-corrected chi connectivity index (χ2v) is 7.99. The minimum absolute atomic E-state index is 0.0550. The average molecular weight is 357 g/mol. The van der Waals surface area contributed by atoms with Gasteiger partial charge in [-0.25, -0.2) is 4.79 Å². The SMILES string of the molecule is COC(=O)c1nn(C)c2cc(C(=O)C3CCN(C(C)(C)C)CC3)ccc12. The molecule has 1 aliphatic heterocycles. The van der Waals surface area contributed by atoms with Gasteiger partial charge in [-0.2, -0.15) is 5.10 Å². The normalized spacial score (nSPS) is 16.8. The molecule has 2 aromatic rings. The Morgan fingerprint density at radius 1 is 1.19 bits per heavy atom. The first-order valence-electron chi connectivity index (χ1n) is 9.06. The first kappa shape index (κ1) is 18.6. The Balaban J connectivity index is 1.82. The Labute approximate surface area is 154 Å². The number of hydrogen-bond donors (Lipinski definition) is 0. The number of aromatic nitrogens is 2. The summed E-state index contributed by atoms with van der Waals surface area (Å²) >= 11 is 0. The molecule has 140 valence electrons. The maximum Gasteiger partial charge on any atom is 0.359 e. The molecule has 0 radical (unpaired) electrons. The number of benzene rings is 1. The minimum atomic E-state index is -0.468. The zero-order valence-corrected chi connectivity index (χ0v) is 16.2. The van der Waals surface area contributed by atoms with Crippen LogP contribution in [0.2, 0.25) is 0 Å². The third-order valence-electron chi connectivity index (χ3n) is 5.33. The van der Waals surface area contributed by atoms with E-state index >= 15 is 0 Å². The number of carbonyl (C=O) groups excluding carboxylic acids is 2. The van der Waals surface area contributed by atoms with E-state index in [9.17, 15) is 9.59 Å². The number of aryl methyl sites for hydroxylation is 1. The molecule has 26 heavy (non-hydrogen) atoms. The van der Waals surface area contributed by atoms with Crippen molar-refractivity contribution in [2.24, 2.45) is 13.0 Å². The average Bonchev–Trinajstić information content (AvgIpc) is 2.96. The van der Waals surface area contributed by atoms with E-state index in [1.807, 2.05) is 6.07 Å². The second-order valence-electron chi connectivity index (χ2n) is 7.99. The van der Waals surface area contributed by atoms with Crippen LogP contribution in [0.3, 0.4) is 0 Å². The molecule has 0 unspecified atom stereocenters. The lowest BCUT2D eigenvalue weighted by Crippen LogP contribution is -2.47. The van der Waals surface area contributed by atoms with Crippen molar-refractivity contribution in [1.29, 1.82) is 0 Å². The van der Waals surface area contributed by atoms with Gasteiger partial charge >= 0.3 is 5.97 Å². The van der Waals surface area contributed by atoms with E-state index in [-0.39, 0.29) is 22.9 Å². The van der Waals surface area contributed by atoms with Crippen LogP contribution in [0.1, 0.15) is 54.5 Å². The Kier molecular flexibility index (Phi) is 4.88. The number of hydrogen-bond acceptors (Lipinski definition) is 5. The molecule has 0 spiro atoms. The fraction of sp³-hybridized carbons (Fsp3) is 0.550. The summed E-state index contributed by atoms with van der Waals surface area (Å²) in [6.07, 6.45) is 1.76. The molecule has 1 aromatic carbocycles. The van der Waals surface area contributed by atoms with Crippen molar-refractivity contribution < 1.29 is 14.3 Å². The van der Waals surface area contributed by atoms with Gasteiger partial charge in [0, 0.05) is 29.5 Å². The van der Waals surface area contributed by atoms with E-state index in [1.165, 1.54) is 7.11 Å². The van der Waals surface area contributed by atoms with Crippen LogP contribution in [-0.4, -0.2) is 52.2 Å². The molecular formula is C20H27N3O3. The summed E-state index contributed by atoms with van der Waals surface area (Å²) in [6.45, 7) is 8.53. The first-order valence-corrected chi connectivity index (χ1v) is 9.06. The lowest BCUT2D eigenvalue weighted by atomic mass is 9.87. The van der Waals surface area contributed by atoms with Crippen molar-refractivity contribution in [3.63, 3.8) is 0 Å². The van der Waals surface area contributed by atoms with E-state index in [0.29, 0.717) is 10.9 Å². The smallest absolute Gasteiger partial charge is 0.359 e. The van der Waals surface area contributed by atoms with Crippen molar-refractivity contribution in [2.75, 3.05) is 20.2 Å². The zero-order chi connectivity index (χ0) is 19.1. The maximum absolute atomic E-state index is 13.0. The van der Waals surface area contributed by atoms with Gasteiger partial charge in [0.2, 0.25) is 0 Å². The molecule has 0 saturated carbocycles. The Bertz CT molecular complexity index is 840. The highest BCUT2D eigenvalue weighted by molar-refractivity contribution is 6.05. The summed E-state index contributed by atoms with van der Waals surface area (Å²) in [5.41, 5.74) is 1.88. The van der Waals surface area contributed by atoms with Crippen molar-refractivity contribution in [2.45, 2.75) is 39.2 Å². The van der Waals surface area contributed by atoms with Crippen LogP contribution in [0.25, 0.3) is 10.9 Å². The van der Waals surface area contributed by atoms with E-state index in [0.717, 1.165) is 31.4 Å². The number of piperidine rings is 1. The molecule has 1 saturated heterocycles. The number of rotatable bonds is 3. The molecule has 3 rings (SSSR count). The highest BCUT2D eigenvalue weighted by Crippen LogP contribution is 2.28. The number of fused-ring (bicyclic) bond motifs is 1. The summed E-state index contributed by atoms with van der Waals surface area (Å²) in [5, 5.41) is 4.94. The standard InChI is InChI=1S/C20H27N3O3/c1-20(2,3)23-10-8-13(9-11-23)18(24)14-6-7-15-16(12-14)22(4)21-17(15)19(25)26-5/h6-7,12-13H,8-11H2,1-5H3. The summed E-state index contributed by atoms with van der Waals surface area (Å²) in [4.78, 5) is 27.3. The molecule has 1 fully saturated rings. The monoisotopic (exact) mass is 357 g/mol. The number of nitrogens with zero attached hydrogens (tertiary/aromatic N) is 3. The summed E-state index contributed by atoms with van der Waals surface area (Å²) < 4.78 is 6.41. The molecule has 6 nitrogen and oxygen atoms in total. The molecule has 6 heteroatoms. The molecule has 1 aliphatic rings. The number of Topliss-reactive ketones (excluding diaryl/α,β-unsaturated/α-hetero) is 1. The highest BCUT2D eigenvalue weighted by atomic mass is 16.5. The van der Waals surface area contributed by atoms with Crippen LogP contribution in [0, 0.1) is 5.92 Å². The molecule has 0 bridgehead atoms. The third-order valence-corrected chi connectivity index (χ3v) is 5.33. The van der Waals surface area contributed by atoms with E-state index < -0.39 is 5.97 Å². The minimum Gasteiger partial charge on any atom is -0.464 e. The number of ketones is 1. The fourth-order valence-electron chi connectivity index (χ4n) is 3.71. The van der Waals surface area contributed by atoms with Crippen LogP contribution in [-0.2, 0) is 11.8 Å². The van der Waals surface area contributed by atoms with Crippen molar-refractivity contribution >= 4 is 22.7 Å². The lowest BCUT2D eigenvalue weighted by Gasteiger charge is -2.40. The second kappa shape index (κ2) is 6.83. The summed E-state index contributed by atoms with van der Waals surface area (Å²) in [6, 6.07) is 5.44. The Hall–Kier alpha value is -2.21. The predicted octanol–water partition coefficient (Wildman–Crippen LogP) is 3.05. The molecule has 0 amide bonds. The summed E-state index contributed by atoms with van der Waals surface area (Å²) in [5.74, 6) is -0.232. The van der Waals surface area contributed by atoms with Crippen LogP contribution in [0.5, 0.6) is 0 Å². The fourth-order valence-corrected chi connectivity index (χ4v) is 3.71. The highest BCUT2D eigenvalue weighted by Gasteiger charge is 2.31. The molecular weight excluding hydrogens is 330 g/mol. The van der Waals surface area contributed by atoms with Gasteiger partial charge in [-0.05, 0) is 58.8 Å². The molecule has 2 heterocycles. The van der Waals surface area contributed by atoms with E-state index in [4.69, 9.17) is 4.74 Å². The van der Waals surface area contributed by atoms with Gasteiger partial charge in [0.25, 0.3) is 0 Å². The van der Waals surface area contributed by atoms with Crippen LogP contribution < -0.4 is 0 Å². The third kappa shape index (κ3) is 3.38. The van der Waals surface area contributed by atoms with Gasteiger partial charge in [-0.1, -0.05) is 6.07 Å². The zero-order valence-electron chi connectivity index (χ0n) is 16.2. The number of carbonyl (C=O) groups is 2. The molecule has 0 aliphatic carbocycles. The molecule has 0 N–H and O–H groups in total. The van der Waals surface area contributed by atoms with Gasteiger partial charge < -0.3 is 4.74 Å². The van der Waals surface area contributed by atoms with Gasteiger partial charge in [0.05, 0.1) is 12.6 Å². The van der Waals surface area contributed by atoms with E-state index in [2.05, 4.69) is 30.8 Å². The number of ether oxygens (including phenoxy) is 1. The summed E-state index contributed by atoms with van der Waals surface area (Å²) in [7, 11) is 3.11. The molecule has 1 aromatic heterocycles. The van der Waals surface area contributed by atoms with Gasteiger partial charge in [-0.3, -0.25) is 14.4 Å². The topological polar surface area (TPSA) is 64.4 Å². The largest absolute Gasteiger partial charge is 0.464 e. The predicted molar refractivity (Wildman–Crippen MR) is 100 cm³/mol. The van der Waals surface area contributed by atoms with Crippen molar-refractivity contribution in [1.82, 2.24) is 14.7 Å². The first-order chi connectivity index (χ1) is 12.2. The number of likely N-dealkylation sites (tertiary alicyclic amines) is 1. The maximum atomic E-state index is 13.0. The number of esters is 1. The Morgan fingerprint density at radius 2 is 1.85 bits per heavy atom. The lowest BCUT2D eigenvalue weighted by molar-refractivity contribution is 0.0595. The van der Waals surface area contributed by atoms with Gasteiger partial charge in [0.1, 0.15) is 0 Å². The van der Waals surface area contributed by atoms with Gasteiger partial charge in [-0.15, -0.1) is 0 Å². The van der Waals surface area contributed by atoms with Crippen LogP contribution in [0.15, 0.2) is 18.2 Å². The van der Waals surface area contributed by atoms with Crippen LogP contribution in [0.4, 0.5) is 0 Å². The van der Waals surface area contributed by atoms with Crippen LogP contribution >= 0.6 is 0 Å². The molecule has 0 atom stereocenters. The van der Waals surface area contributed by atoms with E-state index in [1.54, 1.807) is 23.9 Å². The Morgan fingerprint density at radius 3 is 2.42 bits per heavy atom. The number of methoxy groups -OCH3 is 1.